The number of rotatable bonds is 4. The fraction of sp³-hybridized carbons (Fsp3) is 0.0909. The van der Waals surface area contributed by atoms with Crippen molar-refractivity contribution in [1.29, 1.82) is 0 Å². The lowest BCUT2D eigenvalue weighted by atomic mass is 9.88. The highest BCUT2D eigenvalue weighted by molar-refractivity contribution is 5.98. The molecule has 0 aliphatic heterocycles. The van der Waals surface area contributed by atoms with E-state index < -0.39 is 0 Å². The topological polar surface area (TPSA) is 20.2 Å². The van der Waals surface area contributed by atoms with Crippen molar-refractivity contribution in [3.05, 3.63) is 102 Å². The van der Waals surface area contributed by atoms with Gasteiger partial charge in [-0.15, -0.1) is 0 Å². The average Bonchev–Trinajstić information content (AvgIpc) is 2.62. The molecule has 0 aliphatic carbocycles. The van der Waals surface area contributed by atoms with Gasteiger partial charge in [-0.1, -0.05) is 79.7 Å². The molecule has 3 rings (SSSR count). The van der Waals surface area contributed by atoms with Gasteiger partial charge >= 0.3 is 0 Å². The molecule has 0 radical (unpaired) electrons. The molecule has 0 heterocycles. The first-order chi connectivity index (χ1) is 11.3. The Morgan fingerprint density at radius 1 is 0.652 bits per heavy atom. The van der Waals surface area contributed by atoms with Crippen molar-refractivity contribution in [1.82, 2.24) is 0 Å². The lowest BCUT2D eigenvalue weighted by Gasteiger charge is -2.16. The van der Waals surface area contributed by atoms with Crippen LogP contribution in [-0.4, -0.2) is 5.11 Å². The Kier molecular flexibility index (Phi) is 4.58. The molecule has 1 nitrogen and oxygen atoms in total. The Morgan fingerprint density at radius 2 is 1.13 bits per heavy atom. The van der Waals surface area contributed by atoms with Crippen molar-refractivity contribution in [3.8, 4) is 5.75 Å². The summed E-state index contributed by atoms with van der Waals surface area (Å²) in [7, 11) is 0. The van der Waals surface area contributed by atoms with Crippen LogP contribution in [0.15, 0.2) is 84.9 Å². The van der Waals surface area contributed by atoms with E-state index in [0.717, 1.165) is 12.0 Å². The van der Waals surface area contributed by atoms with E-state index in [0.29, 0.717) is 5.75 Å². The van der Waals surface area contributed by atoms with Crippen LogP contribution in [0.5, 0.6) is 5.75 Å². The maximum absolute atomic E-state index is 9.61. The van der Waals surface area contributed by atoms with E-state index in [9.17, 15) is 5.11 Å². The Hall–Kier alpha value is -2.80. The van der Waals surface area contributed by atoms with Gasteiger partial charge < -0.3 is 5.11 Å². The molecule has 1 N–H and O–H groups in total. The number of allylic oxidation sites excluding steroid dienone is 1. The highest BCUT2D eigenvalue weighted by Crippen LogP contribution is 2.34. The molecule has 23 heavy (non-hydrogen) atoms. The maximum Gasteiger partial charge on any atom is 0.115 e. The van der Waals surface area contributed by atoms with Crippen molar-refractivity contribution in [2.45, 2.75) is 13.3 Å². The standard InChI is InChI=1S/C22H20O/c1-2-21(17-9-5-3-6-10-17)22(18-11-7-4-8-12-18)19-13-15-20(23)16-14-19/h3-16,23H,2H2,1H3/b22-21-. The van der Waals surface area contributed by atoms with Gasteiger partial charge in [-0.25, -0.2) is 0 Å². The van der Waals surface area contributed by atoms with Crippen molar-refractivity contribution in [2.75, 3.05) is 0 Å². The molecule has 0 atom stereocenters. The summed E-state index contributed by atoms with van der Waals surface area (Å²) in [5, 5.41) is 9.61. The zero-order chi connectivity index (χ0) is 16.1. The molecule has 114 valence electrons. The number of hydrogen-bond acceptors (Lipinski definition) is 1. The quantitative estimate of drug-likeness (QED) is 0.607. The van der Waals surface area contributed by atoms with E-state index in [1.54, 1.807) is 12.1 Å². The summed E-state index contributed by atoms with van der Waals surface area (Å²) in [4.78, 5) is 0. The number of hydrogen-bond donors (Lipinski definition) is 1. The Morgan fingerprint density at radius 3 is 1.65 bits per heavy atom. The highest BCUT2D eigenvalue weighted by Gasteiger charge is 2.12. The van der Waals surface area contributed by atoms with Crippen molar-refractivity contribution in [3.63, 3.8) is 0 Å². The number of benzene rings is 3. The molecule has 0 saturated carbocycles. The van der Waals surface area contributed by atoms with Gasteiger partial charge in [-0.05, 0) is 46.4 Å². The van der Waals surface area contributed by atoms with E-state index >= 15 is 0 Å². The third-order valence-electron chi connectivity index (χ3n) is 4.00. The van der Waals surface area contributed by atoms with Crippen LogP contribution in [0.3, 0.4) is 0 Å². The van der Waals surface area contributed by atoms with Crippen LogP contribution in [0.25, 0.3) is 11.1 Å². The fourth-order valence-electron chi connectivity index (χ4n) is 2.91. The molecular weight excluding hydrogens is 280 g/mol. The summed E-state index contributed by atoms with van der Waals surface area (Å²) < 4.78 is 0. The van der Waals surface area contributed by atoms with Crippen molar-refractivity contribution >= 4 is 11.1 Å². The first-order valence-electron chi connectivity index (χ1n) is 7.93. The van der Waals surface area contributed by atoms with Crippen LogP contribution in [0.4, 0.5) is 0 Å². The molecule has 0 bridgehead atoms. The summed E-state index contributed by atoms with van der Waals surface area (Å²) >= 11 is 0. The summed E-state index contributed by atoms with van der Waals surface area (Å²) in [6.45, 7) is 2.19. The van der Waals surface area contributed by atoms with E-state index in [1.165, 1.54) is 22.3 Å². The van der Waals surface area contributed by atoms with Gasteiger partial charge in [0.2, 0.25) is 0 Å². The van der Waals surface area contributed by atoms with Gasteiger partial charge in [0.25, 0.3) is 0 Å². The molecule has 0 spiro atoms. The van der Waals surface area contributed by atoms with Gasteiger partial charge in [0, 0.05) is 0 Å². The van der Waals surface area contributed by atoms with Gasteiger partial charge in [0.05, 0.1) is 0 Å². The van der Waals surface area contributed by atoms with E-state index in [-0.39, 0.29) is 0 Å². The molecule has 0 amide bonds. The number of aromatic hydroxyl groups is 1. The van der Waals surface area contributed by atoms with Crippen LogP contribution in [0.2, 0.25) is 0 Å². The SMILES string of the molecule is CC/C(=C(\c1ccccc1)c1ccc(O)cc1)c1ccccc1. The third-order valence-corrected chi connectivity index (χ3v) is 4.00. The Balaban J connectivity index is 2.26. The molecule has 0 saturated heterocycles. The minimum Gasteiger partial charge on any atom is -0.508 e. The van der Waals surface area contributed by atoms with Crippen molar-refractivity contribution < 1.29 is 5.11 Å². The molecule has 3 aromatic carbocycles. The number of phenols is 1. The second-order valence-corrected chi connectivity index (χ2v) is 5.49. The van der Waals surface area contributed by atoms with Gasteiger partial charge in [0.1, 0.15) is 5.75 Å². The summed E-state index contributed by atoms with van der Waals surface area (Å²) in [6.07, 6.45) is 0.940. The zero-order valence-corrected chi connectivity index (χ0v) is 13.2. The lowest BCUT2D eigenvalue weighted by molar-refractivity contribution is 0.475. The maximum atomic E-state index is 9.61. The van der Waals surface area contributed by atoms with Gasteiger partial charge in [-0.2, -0.15) is 0 Å². The highest BCUT2D eigenvalue weighted by atomic mass is 16.3. The van der Waals surface area contributed by atoms with Gasteiger partial charge in [-0.3, -0.25) is 0 Å². The van der Waals surface area contributed by atoms with Crippen LogP contribution >= 0.6 is 0 Å². The summed E-state index contributed by atoms with van der Waals surface area (Å²) in [5.41, 5.74) is 6.08. The Bertz CT molecular complexity index is 784. The second kappa shape index (κ2) is 6.97. The largest absolute Gasteiger partial charge is 0.508 e. The molecule has 0 aromatic heterocycles. The molecule has 1 heteroatoms. The van der Waals surface area contributed by atoms with Crippen LogP contribution in [0.1, 0.15) is 30.0 Å². The Labute approximate surface area is 137 Å². The second-order valence-electron chi connectivity index (χ2n) is 5.49. The molecule has 3 aromatic rings. The van der Waals surface area contributed by atoms with Crippen LogP contribution in [0, 0.1) is 0 Å². The molecule has 0 unspecified atom stereocenters. The normalized spacial score (nSPS) is 11.9. The predicted molar refractivity (Wildman–Crippen MR) is 97.2 cm³/mol. The van der Waals surface area contributed by atoms with Gasteiger partial charge in [0.15, 0.2) is 0 Å². The van der Waals surface area contributed by atoms with Crippen LogP contribution < -0.4 is 0 Å². The van der Waals surface area contributed by atoms with E-state index in [4.69, 9.17) is 0 Å². The summed E-state index contributed by atoms with van der Waals surface area (Å²) in [6, 6.07) is 28.4. The lowest BCUT2D eigenvalue weighted by Crippen LogP contribution is -1.94. The van der Waals surface area contributed by atoms with Crippen molar-refractivity contribution in [2.24, 2.45) is 0 Å². The predicted octanol–water partition coefficient (Wildman–Crippen LogP) is 5.76. The molecule has 0 aliphatic rings. The number of phenolic OH excluding ortho intramolecular Hbond substituents is 1. The van der Waals surface area contributed by atoms with E-state index in [1.807, 2.05) is 24.3 Å². The minimum atomic E-state index is 0.291. The van der Waals surface area contributed by atoms with Crippen LogP contribution in [-0.2, 0) is 0 Å². The smallest absolute Gasteiger partial charge is 0.115 e. The molecular formula is C22H20O. The fourth-order valence-corrected chi connectivity index (χ4v) is 2.91. The first-order valence-corrected chi connectivity index (χ1v) is 7.93. The minimum absolute atomic E-state index is 0.291. The average molecular weight is 300 g/mol. The first kappa shape index (κ1) is 15.1. The molecule has 0 fully saturated rings. The summed E-state index contributed by atoms with van der Waals surface area (Å²) in [5.74, 6) is 0.291. The third kappa shape index (κ3) is 3.35. The van der Waals surface area contributed by atoms with E-state index in [2.05, 4.69) is 55.5 Å². The zero-order valence-electron chi connectivity index (χ0n) is 13.2. The monoisotopic (exact) mass is 300 g/mol.